The standard InChI is InChI=1S/C15H20N2O3/c1-9(2)13(8-20-4)17-10(3)16-14-11(15(18)19)6-5-7-12(14)17/h5-7,9,13H,8H2,1-4H3,(H,18,19). The van der Waals surface area contributed by atoms with E-state index in [0.717, 1.165) is 11.3 Å². The lowest BCUT2D eigenvalue weighted by Gasteiger charge is -2.24. The molecule has 1 atom stereocenters. The van der Waals surface area contributed by atoms with E-state index in [4.69, 9.17) is 4.74 Å². The highest BCUT2D eigenvalue weighted by Gasteiger charge is 2.22. The molecule has 108 valence electrons. The second-order valence-electron chi connectivity index (χ2n) is 5.27. The maximum absolute atomic E-state index is 11.3. The summed E-state index contributed by atoms with van der Waals surface area (Å²) in [5.74, 6) is 0.220. The van der Waals surface area contributed by atoms with Gasteiger partial charge in [-0.25, -0.2) is 9.78 Å². The fraction of sp³-hybridized carbons (Fsp3) is 0.467. The zero-order chi connectivity index (χ0) is 14.9. The average molecular weight is 276 g/mol. The first-order chi connectivity index (χ1) is 9.47. The highest BCUT2D eigenvalue weighted by Crippen LogP contribution is 2.28. The highest BCUT2D eigenvalue weighted by molar-refractivity contribution is 6.01. The quantitative estimate of drug-likeness (QED) is 0.912. The fourth-order valence-corrected chi connectivity index (χ4v) is 2.56. The molecule has 0 aliphatic carbocycles. The summed E-state index contributed by atoms with van der Waals surface area (Å²) in [6, 6.07) is 5.39. The molecular formula is C15H20N2O3. The second kappa shape index (κ2) is 5.63. The van der Waals surface area contributed by atoms with E-state index in [9.17, 15) is 9.90 Å². The third-order valence-corrected chi connectivity index (χ3v) is 3.57. The van der Waals surface area contributed by atoms with Crippen LogP contribution in [0.2, 0.25) is 0 Å². The number of carbonyl (C=O) groups is 1. The molecule has 2 rings (SSSR count). The number of benzene rings is 1. The van der Waals surface area contributed by atoms with Crippen LogP contribution in [0.25, 0.3) is 11.0 Å². The van der Waals surface area contributed by atoms with Gasteiger partial charge in [0.05, 0.1) is 23.7 Å². The molecule has 1 aromatic heterocycles. The molecule has 1 heterocycles. The van der Waals surface area contributed by atoms with Gasteiger partial charge in [0.1, 0.15) is 11.3 Å². The normalized spacial score (nSPS) is 13.1. The van der Waals surface area contributed by atoms with Gasteiger partial charge in [-0.1, -0.05) is 19.9 Å². The Labute approximate surface area is 118 Å². The zero-order valence-corrected chi connectivity index (χ0v) is 12.3. The molecule has 2 aromatic rings. The molecule has 0 saturated heterocycles. The number of hydrogen-bond acceptors (Lipinski definition) is 3. The van der Waals surface area contributed by atoms with Crippen molar-refractivity contribution >= 4 is 17.0 Å². The molecule has 0 spiro atoms. The number of hydrogen-bond donors (Lipinski definition) is 1. The molecule has 0 amide bonds. The lowest BCUT2D eigenvalue weighted by atomic mass is 10.0. The van der Waals surface area contributed by atoms with Gasteiger partial charge in [-0.3, -0.25) is 0 Å². The minimum atomic E-state index is -0.951. The van der Waals surface area contributed by atoms with Crippen LogP contribution in [0.15, 0.2) is 18.2 Å². The largest absolute Gasteiger partial charge is 0.478 e. The SMILES string of the molecule is COCC(C(C)C)n1c(C)nc2c(C(=O)O)cccc21. The number of para-hydroxylation sites is 1. The Morgan fingerprint density at radius 3 is 2.70 bits per heavy atom. The third-order valence-electron chi connectivity index (χ3n) is 3.57. The maximum Gasteiger partial charge on any atom is 0.337 e. The minimum absolute atomic E-state index is 0.133. The van der Waals surface area contributed by atoms with Crippen molar-refractivity contribution < 1.29 is 14.6 Å². The molecule has 0 aliphatic rings. The lowest BCUT2D eigenvalue weighted by Crippen LogP contribution is -2.21. The van der Waals surface area contributed by atoms with E-state index in [1.807, 2.05) is 13.0 Å². The monoisotopic (exact) mass is 276 g/mol. The molecule has 0 fully saturated rings. The van der Waals surface area contributed by atoms with Crippen LogP contribution in [-0.4, -0.2) is 34.3 Å². The predicted octanol–water partition coefficient (Wildman–Crippen LogP) is 2.89. The first kappa shape index (κ1) is 14.5. The predicted molar refractivity (Wildman–Crippen MR) is 77.2 cm³/mol. The summed E-state index contributed by atoms with van der Waals surface area (Å²) in [5, 5.41) is 9.26. The van der Waals surface area contributed by atoms with Gasteiger partial charge in [0, 0.05) is 7.11 Å². The summed E-state index contributed by atoms with van der Waals surface area (Å²) < 4.78 is 7.39. The average Bonchev–Trinajstić information content (AvgIpc) is 2.71. The Bertz CT molecular complexity index is 631. The fourth-order valence-electron chi connectivity index (χ4n) is 2.56. The van der Waals surface area contributed by atoms with Gasteiger partial charge in [-0.2, -0.15) is 0 Å². The molecule has 1 N–H and O–H groups in total. The number of fused-ring (bicyclic) bond motifs is 1. The van der Waals surface area contributed by atoms with Crippen LogP contribution in [0.1, 0.15) is 36.1 Å². The van der Waals surface area contributed by atoms with E-state index in [2.05, 4.69) is 23.4 Å². The van der Waals surface area contributed by atoms with E-state index in [1.54, 1.807) is 19.2 Å². The molecule has 0 radical (unpaired) electrons. The van der Waals surface area contributed by atoms with Crippen molar-refractivity contribution in [3.8, 4) is 0 Å². The summed E-state index contributed by atoms with van der Waals surface area (Å²) in [4.78, 5) is 15.7. The van der Waals surface area contributed by atoms with E-state index in [0.29, 0.717) is 18.0 Å². The van der Waals surface area contributed by atoms with Gasteiger partial charge in [0.2, 0.25) is 0 Å². The Hall–Kier alpha value is -1.88. The van der Waals surface area contributed by atoms with Gasteiger partial charge >= 0.3 is 5.97 Å². The van der Waals surface area contributed by atoms with Crippen LogP contribution in [-0.2, 0) is 4.74 Å². The second-order valence-corrected chi connectivity index (χ2v) is 5.27. The van der Waals surface area contributed by atoms with Gasteiger partial charge < -0.3 is 14.4 Å². The molecule has 0 aliphatic heterocycles. The van der Waals surface area contributed by atoms with Crippen LogP contribution >= 0.6 is 0 Å². The number of carboxylic acid groups (broad SMARTS) is 1. The first-order valence-corrected chi connectivity index (χ1v) is 6.67. The topological polar surface area (TPSA) is 64.4 Å². The van der Waals surface area contributed by atoms with Gasteiger partial charge in [0.15, 0.2) is 0 Å². The zero-order valence-electron chi connectivity index (χ0n) is 12.3. The van der Waals surface area contributed by atoms with Crippen LogP contribution in [0.5, 0.6) is 0 Å². The van der Waals surface area contributed by atoms with E-state index in [-0.39, 0.29) is 11.6 Å². The third kappa shape index (κ3) is 2.41. The summed E-state index contributed by atoms with van der Waals surface area (Å²) in [6.45, 7) is 6.71. The van der Waals surface area contributed by atoms with E-state index < -0.39 is 5.97 Å². The Kier molecular flexibility index (Phi) is 4.09. The van der Waals surface area contributed by atoms with Crippen molar-refractivity contribution in [3.63, 3.8) is 0 Å². The summed E-state index contributed by atoms with van der Waals surface area (Å²) in [7, 11) is 1.67. The van der Waals surface area contributed by atoms with Crippen molar-refractivity contribution in [2.75, 3.05) is 13.7 Å². The minimum Gasteiger partial charge on any atom is -0.478 e. The maximum atomic E-state index is 11.3. The highest BCUT2D eigenvalue weighted by atomic mass is 16.5. The van der Waals surface area contributed by atoms with Crippen LogP contribution in [0.3, 0.4) is 0 Å². The number of aryl methyl sites for hydroxylation is 1. The van der Waals surface area contributed by atoms with Crippen LogP contribution in [0.4, 0.5) is 0 Å². The summed E-state index contributed by atoms with van der Waals surface area (Å²) >= 11 is 0. The number of aromatic nitrogens is 2. The smallest absolute Gasteiger partial charge is 0.337 e. The molecule has 20 heavy (non-hydrogen) atoms. The van der Waals surface area contributed by atoms with Crippen molar-refractivity contribution in [1.29, 1.82) is 0 Å². The van der Waals surface area contributed by atoms with Gasteiger partial charge in [0.25, 0.3) is 0 Å². The number of nitrogens with zero attached hydrogens (tertiary/aromatic N) is 2. The molecule has 1 unspecified atom stereocenters. The van der Waals surface area contributed by atoms with Crippen LogP contribution < -0.4 is 0 Å². The van der Waals surface area contributed by atoms with E-state index >= 15 is 0 Å². The number of aromatic carboxylic acids is 1. The first-order valence-electron chi connectivity index (χ1n) is 6.67. The molecule has 0 bridgehead atoms. The van der Waals surface area contributed by atoms with Gasteiger partial charge in [-0.05, 0) is 25.0 Å². The van der Waals surface area contributed by atoms with E-state index in [1.165, 1.54) is 0 Å². The van der Waals surface area contributed by atoms with Gasteiger partial charge in [-0.15, -0.1) is 0 Å². The number of ether oxygens (including phenoxy) is 1. The summed E-state index contributed by atoms with van der Waals surface area (Å²) in [5.41, 5.74) is 1.63. The molecule has 5 nitrogen and oxygen atoms in total. The summed E-state index contributed by atoms with van der Waals surface area (Å²) in [6.07, 6.45) is 0. The van der Waals surface area contributed by atoms with Crippen molar-refractivity contribution in [3.05, 3.63) is 29.6 Å². The Morgan fingerprint density at radius 1 is 1.45 bits per heavy atom. The lowest BCUT2D eigenvalue weighted by molar-refractivity contribution is 0.0699. The van der Waals surface area contributed by atoms with Crippen molar-refractivity contribution in [1.82, 2.24) is 9.55 Å². The molecule has 1 aromatic carbocycles. The molecule has 0 saturated carbocycles. The Morgan fingerprint density at radius 2 is 2.15 bits per heavy atom. The molecular weight excluding hydrogens is 256 g/mol. The Balaban J connectivity index is 2.67. The number of methoxy groups -OCH3 is 1. The number of rotatable bonds is 5. The van der Waals surface area contributed by atoms with Crippen molar-refractivity contribution in [2.45, 2.75) is 26.8 Å². The van der Waals surface area contributed by atoms with Crippen LogP contribution in [0, 0.1) is 12.8 Å². The van der Waals surface area contributed by atoms with Crippen molar-refractivity contribution in [2.24, 2.45) is 5.92 Å². The number of carboxylic acids is 1. The number of imidazole rings is 1. The molecule has 5 heteroatoms.